The van der Waals surface area contributed by atoms with Crippen molar-refractivity contribution in [1.82, 2.24) is 19.7 Å². The maximum Gasteiger partial charge on any atom is 0.337 e. The van der Waals surface area contributed by atoms with E-state index in [4.69, 9.17) is 9.84 Å². The minimum absolute atomic E-state index is 0.160. The van der Waals surface area contributed by atoms with Gasteiger partial charge in [-0.1, -0.05) is 11.3 Å². The minimum Gasteiger partial charge on any atom is -0.465 e. The van der Waals surface area contributed by atoms with Crippen molar-refractivity contribution in [2.24, 2.45) is 0 Å². The number of rotatable bonds is 4. The average Bonchev–Trinajstić information content (AvgIpc) is 3.39. The Balaban J connectivity index is 1.73. The summed E-state index contributed by atoms with van der Waals surface area (Å²) in [6.07, 6.45) is 5.04. The number of esters is 1. The number of fused-ring (bicyclic) bond motifs is 3. The molecule has 10 heteroatoms. The van der Waals surface area contributed by atoms with Crippen LogP contribution in [0.25, 0.3) is 27.5 Å². The third-order valence-corrected chi connectivity index (χ3v) is 6.98. The summed E-state index contributed by atoms with van der Waals surface area (Å²) >= 11 is 5.03. The minimum atomic E-state index is -0.412. The molecule has 0 saturated carbocycles. The molecule has 1 aromatic carbocycles. The molecule has 1 amide bonds. The number of carbonyl (C=O) groups excluding carboxylic acids is 2. The molecule has 4 aromatic rings. The van der Waals surface area contributed by atoms with Crippen LogP contribution in [0.3, 0.4) is 0 Å². The summed E-state index contributed by atoms with van der Waals surface area (Å²) in [5.41, 5.74) is 5.93. The number of hydrogen-bond donors (Lipinski definition) is 1. The summed E-state index contributed by atoms with van der Waals surface area (Å²) in [6, 6.07) is 9.14. The molecular formula is C23H18BrN5O3S. The van der Waals surface area contributed by atoms with E-state index in [0.717, 1.165) is 51.6 Å². The molecule has 33 heavy (non-hydrogen) atoms. The number of thiazole rings is 1. The van der Waals surface area contributed by atoms with E-state index in [1.807, 2.05) is 22.9 Å². The van der Waals surface area contributed by atoms with Crippen molar-refractivity contribution in [3.05, 3.63) is 64.0 Å². The molecule has 1 aliphatic rings. The SMILES string of the molecule is COC(=O)c1ccc(-n2nc(-c3cccnc3)c3c2-c2sc(NC(C)=O)nc2CC3)c(Br)c1. The Morgan fingerprint density at radius 3 is 2.79 bits per heavy atom. The van der Waals surface area contributed by atoms with Gasteiger partial charge in [-0.2, -0.15) is 5.10 Å². The molecule has 3 heterocycles. The Bertz CT molecular complexity index is 1400. The Hall–Kier alpha value is -3.37. The van der Waals surface area contributed by atoms with Crippen molar-refractivity contribution in [3.63, 3.8) is 0 Å². The Kier molecular flexibility index (Phi) is 5.55. The zero-order valence-electron chi connectivity index (χ0n) is 17.8. The van der Waals surface area contributed by atoms with Crippen LogP contribution >= 0.6 is 27.3 Å². The first kappa shape index (κ1) is 21.5. The molecule has 0 saturated heterocycles. The number of pyridine rings is 1. The van der Waals surface area contributed by atoms with Crippen molar-refractivity contribution in [2.45, 2.75) is 19.8 Å². The van der Waals surface area contributed by atoms with Crippen LogP contribution in [-0.2, 0) is 22.4 Å². The fourth-order valence-corrected chi connectivity index (χ4v) is 5.57. The number of ether oxygens (including phenoxy) is 1. The molecule has 1 aliphatic carbocycles. The molecule has 3 aromatic heterocycles. The van der Waals surface area contributed by atoms with Crippen LogP contribution in [0, 0.1) is 0 Å². The van der Waals surface area contributed by atoms with Gasteiger partial charge in [0.05, 0.1) is 40.3 Å². The number of hydrogen-bond acceptors (Lipinski definition) is 7. The lowest BCUT2D eigenvalue weighted by molar-refractivity contribution is -0.114. The summed E-state index contributed by atoms with van der Waals surface area (Å²) in [7, 11) is 1.35. The van der Waals surface area contributed by atoms with Crippen LogP contribution in [0.15, 0.2) is 47.2 Å². The summed E-state index contributed by atoms with van der Waals surface area (Å²) in [5.74, 6) is -0.572. The maximum absolute atomic E-state index is 12.0. The third kappa shape index (κ3) is 3.85. The molecule has 0 fully saturated rings. The Morgan fingerprint density at radius 2 is 2.09 bits per heavy atom. The molecule has 0 aliphatic heterocycles. The number of aromatic nitrogens is 4. The van der Waals surface area contributed by atoms with E-state index in [9.17, 15) is 9.59 Å². The highest BCUT2D eigenvalue weighted by Gasteiger charge is 2.30. The van der Waals surface area contributed by atoms with E-state index in [-0.39, 0.29) is 5.91 Å². The van der Waals surface area contributed by atoms with Crippen LogP contribution in [0.4, 0.5) is 5.13 Å². The van der Waals surface area contributed by atoms with Gasteiger partial charge in [0, 0.05) is 34.9 Å². The lowest BCUT2D eigenvalue weighted by Gasteiger charge is -2.15. The van der Waals surface area contributed by atoms with E-state index in [2.05, 4.69) is 31.2 Å². The maximum atomic E-state index is 12.0. The van der Waals surface area contributed by atoms with Crippen molar-refractivity contribution >= 4 is 44.3 Å². The van der Waals surface area contributed by atoms with Crippen LogP contribution in [0.5, 0.6) is 0 Å². The Morgan fingerprint density at radius 1 is 1.24 bits per heavy atom. The smallest absolute Gasteiger partial charge is 0.337 e. The average molecular weight is 524 g/mol. The molecule has 0 radical (unpaired) electrons. The Labute approximate surface area is 201 Å². The number of nitrogens with one attached hydrogen (secondary N) is 1. The van der Waals surface area contributed by atoms with E-state index >= 15 is 0 Å². The summed E-state index contributed by atoms with van der Waals surface area (Å²) in [5, 5.41) is 8.34. The molecule has 0 unspecified atom stereocenters. The lowest BCUT2D eigenvalue weighted by Crippen LogP contribution is -2.08. The predicted molar refractivity (Wildman–Crippen MR) is 129 cm³/mol. The number of nitrogens with zero attached hydrogens (tertiary/aromatic N) is 4. The first-order valence-electron chi connectivity index (χ1n) is 10.1. The largest absolute Gasteiger partial charge is 0.465 e. The lowest BCUT2D eigenvalue weighted by atomic mass is 9.95. The van der Waals surface area contributed by atoms with Gasteiger partial charge in [0.1, 0.15) is 0 Å². The third-order valence-electron chi connectivity index (χ3n) is 5.32. The molecule has 8 nitrogen and oxygen atoms in total. The molecule has 0 bridgehead atoms. The second-order valence-electron chi connectivity index (χ2n) is 7.46. The number of anilines is 1. The molecular weight excluding hydrogens is 506 g/mol. The van der Waals surface area contributed by atoms with Gasteiger partial charge >= 0.3 is 5.97 Å². The van der Waals surface area contributed by atoms with Gasteiger partial charge in [-0.25, -0.2) is 14.5 Å². The second-order valence-corrected chi connectivity index (χ2v) is 9.32. The van der Waals surface area contributed by atoms with Crippen LogP contribution in [-0.4, -0.2) is 38.7 Å². The fraction of sp³-hybridized carbons (Fsp3) is 0.174. The number of halogens is 1. The second kappa shape index (κ2) is 8.53. The van der Waals surface area contributed by atoms with Crippen LogP contribution in [0.2, 0.25) is 0 Å². The van der Waals surface area contributed by atoms with Gasteiger partial charge in [-0.15, -0.1) is 0 Å². The van der Waals surface area contributed by atoms with Gasteiger partial charge in [-0.3, -0.25) is 9.78 Å². The normalized spacial score (nSPS) is 12.1. The predicted octanol–water partition coefficient (Wildman–Crippen LogP) is 4.66. The van der Waals surface area contributed by atoms with Crippen LogP contribution in [0.1, 0.15) is 28.5 Å². The van der Waals surface area contributed by atoms with Gasteiger partial charge in [0.2, 0.25) is 5.91 Å². The topological polar surface area (TPSA) is 99.0 Å². The number of methoxy groups -OCH3 is 1. The summed E-state index contributed by atoms with van der Waals surface area (Å²) in [4.78, 5) is 33.4. The standard InChI is InChI=1S/C23H18BrN5O3S/c1-12(30)26-23-27-17-7-6-15-19(14-4-3-9-25-11-14)28-29(20(15)21(17)33-23)18-8-5-13(10-16(18)24)22(31)32-2/h3-5,8-11H,6-7H2,1-2H3,(H,26,27,30). The van der Waals surface area contributed by atoms with Crippen molar-refractivity contribution in [2.75, 3.05) is 12.4 Å². The molecule has 1 N–H and O–H groups in total. The number of amides is 1. The fourth-order valence-electron chi connectivity index (χ4n) is 3.91. The van der Waals surface area contributed by atoms with Crippen molar-refractivity contribution < 1.29 is 14.3 Å². The van der Waals surface area contributed by atoms with Crippen LogP contribution < -0.4 is 5.32 Å². The van der Waals surface area contributed by atoms with E-state index < -0.39 is 5.97 Å². The number of benzene rings is 1. The highest BCUT2D eigenvalue weighted by atomic mass is 79.9. The first-order chi connectivity index (χ1) is 16.0. The number of aryl methyl sites for hydroxylation is 1. The quantitative estimate of drug-likeness (QED) is 0.390. The summed E-state index contributed by atoms with van der Waals surface area (Å²) in [6.45, 7) is 1.47. The van der Waals surface area contributed by atoms with E-state index in [1.54, 1.807) is 24.5 Å². The van der Waals surface area contributed by atoms with Gasteiger partial charge < -0.3 is 10.1 Å². The van der Waals surface area contributed by atoms with E-state index in [0.29, 0.717) is 15.2 Å². The van der Waals surface area contributed by atoms with Gasteiger partial charge in [0.25, 0.3) is 0 Å². The number of carbonyl (C=O) groups is 2. The van der Waals surface area contributed by atoms with Gasteiger partial charge in [0.15, 0.2) is 5.13 Å². The molecule has 0 atom stereocenters. The molecule has 166 valence electrons. The van der Waals surface area contributed by atoms with Gasteiger partial charge in [-0.05, 0) is 59.1 Å². The molecule has 0 spiro atoms. The summed E-state index contributed by atoms with van der Waals surface area (Å²) < 4.78 is 7.41. The first-order valence-corrected chi connectivity index (χ1v) is 11.8. The highest BCUT2D eigenvalue weighted by Crippen LogP contribution is 2.44. The van der Waals surface area contributed by atoms with Crippen molar-refractivity contribution in [3.8, 4) is 27.5 Å². The van der Waals surface area contributed by atoms with Crippen molar-refractivity contribution in [1.29, 1.82) is 0 Å². The highest BCUT2D eigenvalue weighted by molar-refractivity contribution is 9.10. The zero-order chi connectivity index (χ0) is 23.1. The molecule has 5 rings (SSSR count). The monoisotopic (exact) mass is 523 g/mol. The zero-order valence-corrected chi connectivity index (χ0v) is 20.2. The van der Waals surface area contributed by atoms with E-state index in [1.165, 1.54) is 25.4 Å².